The Morgan fingerprint density at radius 1 is 0.474 bits per heavy atom. The second-order valence-electron chi connectivity index (χ2n) is 23.1. The highest BCUT2D eigenvalue weighted by atomic mass is 31.2. The summed E-state index contributed by atoms with van der Waals surface area (Å²) in [5.41, 5.74) is 3.54. The lowest BCUT2D eigenvalue weighted by Gasteiger charge is -2.60. The van der Waals surface area contributed by atoms with Crippen LogP contribution in [0.4, 0.5) is 43.9 Å². The monoisotopic (exact) mass is 1070 g/mol. The van der Waals surface area contributed by atoms with E-state index in [4.69, 9.17) is 9.39 Å². The number of benzene rings is 6. The van der Waals surface area contributed by atoms with Gasteiger partial charge in [-0.05, 0) is 81.2 Å². The molecular weight excluding hydrogens is 1010 g/mol. The molecule has 14 heteroatoms. The van der Waals surface area contributed by atoms with Gasteiger partial charge < -0.3 is 9.39 Å². The maximum absolute atomic E-state index is 17.1. The van der Waals surface area contributed by atoms with Gasteiger partial charge in [0, 0.05) is 11.1 Å². The standard InChI is InChI=1S/C62H64BF10O2P/c1-30(2)38-25-41(32(5)6)59(42(26-38)33(7)8)76(60-43(34(9)10)27-39(31(3)4)28-44(60)35(11)12)24-23-37-29-63(46-48(64)52(68)56(72)53(69)49(46)65,47-50(66)54(70)57(73)55(71)51(47)67)75-62(40-21-17-14-18-22-40)45(37)61(76)58(74-62)36-19-15-13-16-20-36/h13-22,25-28,30-35,37,45H,23-24,29H2,1-12H3/t37-,45+,62+/m1/s1. The molecule has 9 rings (SSSR count). The number of hydrogen-bond donors (Lipinski definition) is 0. The summed E-state index contributed by atoms with van der Waals surface area (Å²) in [6, 6.07) is 26.2. The van der Waals surface area contributed by atoms with Crippen molar-refractivity contribution >= 4 is 40.9 Å². The second-order valence-corrected chi connectivity index (χ2v) is 26.5. The SMILES string of the molecule is CC(C)c1cc(C(C)C)c([P+]2(c3c(C(C)C)cc(C(C)C)cc3C(C)C)CC[C@@H]3C[B-](c4c(F)c(F)c(F)c(F)c4F)(c4c(F)c(F)c(F)c(F)c4F)O[C@]4(c5ccccc5)OC(c5ccccc5)=C2[C@H]34)c(C(C)C)c1. The molecule has 6 aromatic rings. The van der Waals surface area contributed by atoms with E-state index in [2.05, 4.69) is 107 Å². The topological polar surface area (TPSA) is 18.5 Å². The summed E-state index contributed by atoms with van der Waals surface area (Å²) >= 11 is 0. The van der Waals surface area contributed by atoms with Crippen LogP contribution < -0.4 is 21.5 Å². The van der Waals surface area contributed by atoms with Gasteiger partial charge >= 0.3 is 0 Å². The third-order valence-electron chi connectivity index (χ3n) is 16.5. The van der Waals surface area contributed by atoms with Crippen LogP contribution in [0.1, 0.15) is 170 Å². The van der Waals surface area contributed by atoms with Crippen molar-refractivity contribution in [3.63, 3.8) is 0 Å². The molecule has 402 valence electrons. The van der Waals surface area contributed by atoms with Crippen LogP contribution in [-0.2, 0) is 15.2 Å². The largest absolute Gasteiger partial charge is 0.544 e. The molecule has 0 saturated carbocycles. The van der Waals surface area contributed by atoms with Crippen LogP contribution in [0.15, 0.2) is 90.2 Å². The Morgan fingerprint density at radius 2 is 0.829 bits per heavy atom. The number of halogens is 10. The molecule has 0 spiro atoms. The summed E-state index contributed by atoms with van der Waals surface area (Å²) in [5, 5.41) is 2.97. The second kappa shape index (κ2) is 20.1. The average molecular weight is 1070 g/mol. The van der Waals surface area contributed by atoms with E-state index < -0.39 is 107 Å². The van der Waals surface area contributed by atoms with Gasteiger partial charge in [-0.3, -0.25) is 0 Å². The Kier molecular flexibility index (Phi) is 14.7. The highest BCUT2D eigenvalue weighted by Crippen LogP contribution is 2.80. The van der Waals surface area contributed by atoms with Crippen molar-refractivity contribution in [1.29, 1.82) is 0 Å². The Hall–Kier alpha value is -5.39. The van der Waals surface area contributed by atoms with Gasteiger partial charge in [0.25, 0.3) is 0 Å². The summed E-state index contributed by atoms with van der Waals surface area (Å²) < 4.78 is 177. The van der Waals surface area contributed by atoms with Gasteiger partial charge in [0.15, 0.2) is 47.0 Å². The smallest absolute Gasteiger partial charge is 0.209 e. The van der Waals surface area contributed by atoms with Crippen molar-refractivity contribution in [3.05, 3.63) is 193 Å². The first kappa shape index (κ1) is 55.4. The molecule has 0 bridgehead atoms. The molecule has 76 heavy (non-hydrogen) atoms. The first-order valence-electron chi connectivity index (χ1n) is 26.5. The van der Waals surface area contributed by atoms with Crippen LogP contribution in [0.2, 0.25) is 6.32 Å². The van der Waals surface area contributed by atoms with Gasteiger partial charge in [-0.2, -0.15) is 0 Å². The lowest BCUT2D eigenvalue weighted by atomic mass is 9.26. The number of hydrogen-bond acceptors (Lipinski definition) is 2. The van der Waals surface area contributed by atoms with E-state index in [9.17, 15) is 0 Å². The molecule has 0 radical (unpaired) electrons. The van der Waals surface area contributed by atoms with Gasteiger partial charge in [-0.15, -0.1) is 6.32 Å². The van der Waals surface area contributed by atoms with Gasteiger partial charge in [0.05, 0.1) is 12.1 Å². The predicted molar refractivity (Wildman–Crippen MR) is 286 cm³/mol. The highest BCUT2D eigenvalue weighted by Gasteiger charge is 2.72. The molecule has 3 heterocycles. The zero-order valence-electron chi connectivity index (χ0n) is 44.9. The van der Waals surface area contributed by atoms with Crippen molar-refractivity contribution in [3.8, 4) is 0 Å². The van der Waals surface area contributed by atoms with E-state index in [0.29, 0.717) is 5.56 Å². The molecular formula is C62H64BF10O2P. The Morgan fingerprint density at radius 3 is 1.18 bits per heavy atom. The minimum Gasteiger partial charge on any atom is -0.544 e. The first-order valence-corrected chi connectivity index (χ1v) is 28.5. The van der Waals surface area contributed by atoms with Gasteiger partial charge in [0.2, 0.25) is 5.79 Å². The molecule has 2 saturated heterocycles. The Labute approximate surface area is 440 Å². The summed E-state index contributed by atoms with van der Waals surface area (Å²) in [6.45, 7) is 25.9. The predicted octanol–water partition coefficient (Wildman–Crippen LogP) is 16.5. The van der Waals surface area contributed by atoms with Crippen molar-refractivity contribution in [2.75, 3.05) is 6.16 Å². The molecule has 0 N–H and O–H groups in total. The molecule has 2 fully saturated rings. The Bertz CT molecular complexity index is 3040. The van der Waals surface area contributed by atoms with E-state index in [0.717, 1.165) is 49.3 Å². The lowest BCUT2D eigenvalue weighted by Crippen LogP contribution is -2.73. The van der Waals surface area contributed by atoms with Crippen molar-refractivity contribution < 1.29 is 53.3 Å². The van der Waals surface area contributed by atoms with E-state index in [1.54, 1.807) is 42.5 Å². The molecule has 6 aromatic carbocycles. The van der Waals surface area contributed by atoms with Gasteiger partial charge in [-0.1, -0.05) is 179 Å². The maximum Gasteiger partial charge on any atom is 0.209 e. The summed E-state index contributed by atoms with van der Waals surface area (Å²) in [5.74, 6) is -29.8. The van der Waals surface area contributed by atoms with Crippen molar-refractivity contribution in [2.45, 2.75) is 137 Å². The fourth-order valence-electron chi connectivity index (χ4n) is 12.9. The van der Waals surface area contributed by atoms with Crippen LogP contribution in [0.3, 0.4) is 0 Å². The zero-order valence-corrected chi connectivity index (χ0v) is 45.8. The average Bonchev–Trinajstić information content (AvgIpc) is 3.76. The first-order chi connectivity index (χ1) is 35.8. The van der Waals surface area contributed by atoms with E-state index in [1.165, 1.54) is 0 Å². The van der Waals surface area contributed by atoms with Crippen LogP contribution in [0, 0.1) is 70.0 Å². The summed E-state index contributed by atoms with van der Waals surface area (Å²) in [7, 11) is -3.33. The quantitative estimate of drug-likeness (QED) is 0.0400. The van der Waals surface area contributed by atoms with E-state index in [1.807, 2.05) is 18.2 Å². The molecule has 0 amide bonds. The number of ether oxygens (including phenoxy) is 1. The van der Waals surface area contributed by atoms with Crippen LogP contribution in [0.25, 0.3) is 5.76 Å². The van der Waals surface area contributed by atoms with Crippen molar-refractivity contribution in [1.82, 2.24) is 0 Å². The van der Waals surface area contributed by atoms with Crippen LogP contribution in [-0.4, -0.2) is 12.5 Å². The lowest BCUT2D eigenvalue weighted by molar-refractivity contribution is -0.186. The highest BCUT2D eigenvalue weighted by molar-refractivity contribution is 7.93. The van der Waals surface area contributed by atoms with E-state index in [-0.39, 0.29) is 59.4 Å². The normalized spacial score (nSPS) is 20.0. The minimum atomic E-state index is -4.76. The van der Waals surface area contributed by atoms with Crippen LogP contribution >= 0.6 is 7.26 Å². The molecule has 0 aliphatic carbocycles. The fourth-order valence-corrected chi connectivity index (χ4v) is 19.5. The fraction of sp³-hybridized carbons (Fsp3) is 0.387. The third-order valence-corrected chi connectivity index (χ3v) is 21.3. The summed E-state index contributed by atoms with van der Waals surface area (Å²) in [6.07, 6.45) is -5.37. The molecule has 0 unspecified atom stereocenters. The van der Waals surface area contributed by atoms with Gasteiger partial charge in [-0.25, -0.2) is 43.9 Å². The van der Waals surface area contributed by atoms with Gasteiger partial charge in [0.1, 0.15) is 46.5 Å². The van der Waals surface area contributed by atoms with Crippen LogP contribution in [0.5, 0.6) is 0 Å². The number of rotatable bonds is 12. The molecule has 0 aromatic heterocycles. The Balaban J connectivity index is 1.55. The third kappa shape index (κ3) is 8.28. The minimum absolute atomic E-state index is 0.0572. The summed E-state index contributed by atoms with van der Waals surface area (Å²) in [4.78, 5) is 0. The molecule has 3 aliphatic heterocycles. The van der Waals surface area contributed by atoms with E-state index >= 15 is 43.9 Å². The molecule has 3 aliphatic rings. The molecule has 3 atom stereocenters. The van der Waals surface area contributed by atoms with Crippen molar-refractivity contribution in [2.24, 2.45) is 11.8 Å². The molecule has 2 nitrogen and oxygen atoms in total. The zero-order chi connectivity index (χ0) is 55.4. The maximum atomic E-state index is 17.1.